The average Bonchev–Trinajstić information content (AvgIpc) is 3.23. The van der Waals surface area contributed by atoms with Gasteiger partial charge in [0.2, 0.25) is 5.90 Å². The second-order valence-corrected chi connectivity index (χ2v) is 9.29. The molecule has 0 radical (unpaired) electrons. The van der Waals surface area contributed by atoms with Gasteiger partial charge in [0.15, 0.2) is 5.78 Å². The van der Waals surface area contributed by atoms with E-state index in [1.165, 1.54) is 13.0 Å². The minimum Gasteiger partial charge on any atom is -0.499 e. The number of benzene rings is 1. The zero-order chi connectivity index (χ0) is 28.2. The van der Waals surface area contributed by atoms with E-state index < -0.39 is 12.0 Å². The number of aliphatic hydroxyl groups is 1. The maximum atomic E-state index is 13.3. The van der Waals surface area contributed by atoms with Crippen LogP contribution in [0, 0.1) is 5.92 Å². The van der Waals surface area contributed by atoms with Crippen molar-refractivity contribution < 1.29 is 28.9 Å². The summed E-state index contributed by atoms with van der Waals surface area (Å²) in [5, 5.41) is 13.9. The number of carbonyl (C=O) groups excluding carboxylic acids is 2. The fourth-order valence-corrected chi connectivity index (χ4v) is 4.32. The molecular formula is C30H37N3O6. The number of nitrogens with zero attached hydrogens (tertiary/aromatic N) is 2. The van der Waals surface area contributed by atoms with Crippen LogP contribution in [-0.4, -0.2) is 68.6 Å². The summed E-state index contributed by atoms with van der Waals surface area (Å²) < 4.78 is 16.5. The van der Waals surface area contributed by atoms with Gasteiger partial charge in [-0.3, -0.25) is 14.6 Å². The highest BCUT2D eigenvalue weighted by Gasteiger charge is 2.32. The van der Waals surface area contributed by atoms with E-state index in [9.17, 15) is 14.7 Å². The fraction of sp³-hybridized carbons (Fsp3) is 0.400. The summed E-state index contributed by atoms with van der Waals surface area (Å²) in [4.78, 5) is 33.9. The van der Waals surface area contributed by atoms with Crippen LogP contribution >= 0.6 is 0 Å². The molecule has 0 aromatic heterocycles. The number of allylic oxidation sites excluding steroid dienone is 3. The second kappa shape index (κ2) is 14.9. The van der Waals surface area contributed by atoms with Crippen LogP contribution in [0.1, 0.15) is 42.1 Å². The number of aryl methyl sites for hydroxylation is 1. The molecule has 1 amide bonds. The lowest BCUT2D eigenvalue weighted by atomic mass is 9.90. The molecule has 2 heterocycles. The maximum absolute atomic E-state index is 13.3. The number of aliphatic imine (C=N–C) groups is 2. The van der Waals surface area contributed by atoms with Crippen LogP contribution in [0.15, 0.2) is 82.2 Å². The number of carbonyl (C=O) groups is 2. The summed E-state index contributed by atoms with van der Waals surface area (Å²) in [6.07, 6.45) is 7.64. The predicted molar refractivity (Wildman–Crippen MR) is 151 cm³/mol. The van der Waals surface area contributed by atoms with Gasteiger partial charge in [-0.15, -0.1) is 0 Å². The van der Waals surface area contributed by atoms with Gasteiger partial charge in [0.25, 0.3) is 5.91 Å². The first-order chi connectivity index (χ1) is 18.8. The van der Waals surface area contributed by atoms with E-state index >= 15 is 0 Å². The molecule has 1 aromatic carbocycles. The quantitative estimate of drug-likeness (QED) is 0.406. The van der Waals surface area contributed by atoms with Crippen LogP contribution in [0.5, 0.6) is 0 Å². The molecule has 2 aliphatic rings. The van der Waals surface area contributed by atoms with E-state index in [1.54, 1.807) is 32.4 Å². The number of amidine groups is 1. The van der Waals surface area contributed by atoms with E-state index in [0.29, 0.717) is 48.1 Å². The molecule has 1 unspecified atom stereocenters. The first-order valence-electron chi connectivity index (χ1n) is 13.0. The third-order valence-corrected chi connectivity index (χ3v) is 6.29. The lowest BCUT2D eigenvalue weighted by Crippen LogP contribution is -2.36. The molecule has 3 rings (SSSR count). The van der Waals surface area contributed by atoms with E-state index in [4.69, 9.17) is 14.2 Å². The van der Waals surface area contributed by atoms with Crippen LogP contribution < -0.4 is 5.32 Å². The highest BCUT2D eigenvalue weighted by Crippen LogP contribution is 2.32. The zero-order valence-electron chi connectivity index (χ0n) is 22.8. The van der Waals surface area contributed by atoms with Crippen LogP contribution in [0.3, 0.4) is 0 Å². The van der Waals surface area contributed by atoms with E-state index in [1.807, 2.05) is 24.3 Å². The Morgan fingerprint density at radius 3 is 2.87 bits per heavy atom. The van der Waals surface area contributed by atoms with Gasteiger partial charge in [0, 0.05) is 37.6 Å². The Morgan fingerprint density at radius 2 is 2.15 bits per heavy atom. The monoisotopic (exact) mass is 535 g/mol. The first kappa shape index (κ1) is 29.7. The summed E-state index contributed by atoms with van der Waals surface area (Å²) in [5.74, 6) is 0.522. The Bertz CT molecular complexity index is 1210. The number of nitrogens with one attached hydrogen (secondary N) is 1. The number of hydrogen-bond donors (Lipinski definition) is 2. The Morgan fingerprint density at radius 1 is 1.33 bits per heavy atom. The van der Waals surface area contributed by atoms with Crippen LogP contribution in [0.2, 0.25) is 0 Å². The van der Waals surface area contributed by atoms with E-state index in [0.717, 1.165) is 17.6 Å². The first-order valence-corrected chi connectivity index (χ1v) is 13.0. The molecule has 39 heavy (non-hydrogen) atoms. The molecule has 9 heteroatoms. The topological polar surface area (TPSA) is 119 Å². The summed E-state index contributed by atoms with van der Waals surface area (Å²) in [6.45, 7) is 6.29. The number of hydrogen-bond acceptors (Lipinski definition) is 8. The fourth-order valence-electron chi connectivity index (χ4n) is 4.32. The number of amides is 1. The average molecular weight is 536 g/mol. The number of ketones is 1. The summed E-state index contributed by atoms with van der Waals surface area (Å²) in [5.41, 5.74) is 2.85. The lowest BCUT2D eigenvalue weighted by Gasteiger charge is -2.21. The minimum absolute atomic E-state index is 0.110. The number of methoxy groups -OCH3 is 2. The zero-order valence-corrected chi connectivity index (χ0v) is 22.8. The Balaban J connectivity index is 1.96. The lowest BCUT2D eigenvalue weighted by molar-refractivity contribution is -0.112. The van der Waals surface area contributed by atoms with Crippen molar-refractivity contribution in [3.63, 3.8) is 0 Å². The number of ether oxygens (including phenoxy) is 3. The largest absolute Gasteiger partial charge is 0.499 e. The molecule has 0 saturated carbocycles. The van der Waals surface area contributed by atoms with Crippen LogP contribution in [0.25, 0.3) is 0 Å². The third kappa shape index (κ3) is 8.87. The number of fused-ring (bicyclic) bond motifs is 3. The highest BCUT2D eigenvalue weighted by atomic mass is 16.5. The predicted octanol–water partition coefficient (Wildman–Crippen LogP) is 3.71. The van der Waals surface area contributed by atoms with Crippen molar-refractivity contribution in [3.8, 4) is 0 Å². The summed E-state index contributed by atoms with van der Waals surface area (Å²) in [7, 11) is 3.13. The highest BCUT2D eigenvalue weighted by molar-refractivity contribution is 6.09. The third-order valence-electron chi connectivity index (χ3n) is 6.29. The molecule has 2 aliphatic heterocycles. The molecule has 2 N–H and O–H groups in total. The van der Waals surface area contributed by atoms with Crippen molar-refractivity contribution in [2.45, 2.75) is 38.7 Å². The standard InChI is InChI=1S/C30H37N3O6/c1-5-27-25(18-24(38-4)19-37-3)26-17-23(35)13-15-39-28(12-11-20(2)34)31-14-7-9-21-8-6-10-22(16-21)30(36)33-29(26)32-27/h5-6,8,10-12,16,18,23,26,35H,1,7,9,13-15,17,19H2,2-4H3,(H,32,33,36)/b12-11-,24-18+,31-28+/t23?,26-/m0/s1. The second-order valence-electron chi connectivity index (χ2n) is 9.29. The van der Waals surface area contributed by atoms with Gasteiger partial charge in [-0.05, 0) is 67.7 Å². The van der Waals surface area contributed by atoms with E-state index in [2.05, 4.69) is 21.9 Å². The van der Waals surface area contributed by atoms with Gasteiger partial charge < -0.3 is 24.6 Å². The summed E-state index contributed by atoms with van der Waals surface area (Å²) >= 11 is 0. The van der Waals surface area contributed by atoms with Crippen molar-refractivity contribution in [1.82, 2.24) is 5.32 Å². The van der Waals surface area contributed by atoms with Gasteiger partial charge in [-0.25, -0.2) is 4.99 Å². The molecule has 2 bridgehead atoms. The molecule has 0 fully saturated rings. The molecule has 2 atom stereocenters. The number of rotatable bonds is 7. The summed E-state index contributed by atoms with van der Waals surface area (Å²) in [6, 6.07) is 7.43. The molecule has 0 spiro atoms. The van der Waals surface area contributed by atoms with Crippen molar-refractivity contribution >= 4 is 23.4 Å². The van der Waals surface area contributed by atoms with Crippen LogP contribution in [-0.2, 0) is 25.4 Å². The van der Waals surface area contributed by atoms with Crippen molar-refractivity contribution in [2.24, 2.45) is 15.9 Å². The van der Waals surface area contributed by atoms with Gasteiger partial charge in [-0.1, -0.05) is 18.7 Å². The molecular weight excluding hydrogens is 498 g/mol. The van der Waals surface area contributed by atoms with E-state index in [-0.39, 0.29) is 31.3 Å². The van der Waals surface area contributed by atoms with Crippen molar-refractivity contribution in [2.75, 3.05) is 34.0 Å². The van der Waals surface area contributed by atoms with Crippen LogP contribution in [0.4, 0.5) is 0 Å². The maximum Gasteiger partial charge on any atom is 0.256 e. The minimum atomic E-state index is -0.782. The molecule has 0 aliphatic carbocycles. The van der Waals surface area contributed by atoms with Gasteiger partial charge >= 0.3 is 0 Å². The Kier molecular flexibility index (Phi) is 11.4. The van der Waals surface area contributed by atoms with Crippen molar-refractivity contribution in [1.29, 1.82) is 0 Å². The van der Waals surface area contributed by atoms with Crippen molar-refractivity contribution in [3.05, 3.63) is 83.3 Å². The van der Waals surface area contributed by atoms with Gasteiger partial charge in [-0.2, -0.15) is 0 Å². The normalized spacial score (nSPS) is 22.7. The SMILES string of the molecule is C=CC1=C(/C=C(\COC)OC)[C@@H]2CC(O)CCOC(/C=C\C(C)=O)=N/CCCc3cccc(c3)C(=O)NC2=N1. The molecule has 1 aromatic rings. The Labute approximate surface area is 229 Å². The van der Waals surface area contributed by atoms with Gasteiger partial charge in [0.1, 0.15) is 18.2 Å². The number of aliphatic hydroxyl groups excluding tert-OH is 1. The molecule has 208 valence electrons. The van der Waals surface area contributed by atoms with Gasteiger partial charge in [0.05, 0.1) is 25.5 Å². The molecule has 9 nitrogen and oxygen atoms in total. The smallest absolute Gasteiger partial charge is 0.256 e. The Hall–Kier alpha value is -3.82. The molecule has 0 saturated heterocycles.